The lowest BCUT2D eigenvalue weighted by Crippen LogP contribution is -2.21. The van der Waals surface area contributed by atoms with Gasteiger partial charge in [0.05, 0.1) is 18.7 Å². The van der Waals surface area contributed by atoms with E-state index in [0.29, 0.717) is 11.7 Å². The number of aliphatic hydroxyl groups excluding tert-OH is 1. The van der Waals surface area contributed by atoms with Crippen LogP contribution in [0.3, 0.4) is 0 Å². The molecule has 1 aromatic carbocycles. The number of nitrogens with one attached hydrogen (secondary N) is 1. The predicted molar refractivity (Wildman–Crippen MR) is 79.8 cm³/mol. The number of hydrogen-bond acceptors (Lipinski definition) is 4. The zero-order valence-electron chi connectivity index (χ0n) is 11.7. The van der Waals surface area contributed by atoms with E-state index in [1.807, 2.05) is 12.1 Å². The van der Waals surface area contributed by atoms with Crippen LogP contribution in [-0.2, 0) is 6.54 Å². The van der Waals surface area contributed by atoms with Crippen molar-refractivity contribution in [2.75, 3.05) is 27.4 Å². The van der Waals surface area contributed by atoms with E-state index in [1.54, 1.807) is 14.2 Å². The highest BCUT2D eigenvalue weighted by atomic mass is 79.9. The highest BCUT2D eigenvalue weighted by Gasteiger charge is 2.10. The Morgan fingerprint density at radius 1 is 1.32 bits per heavy atom. The molecule has 1 unspecified atom stereocenters. The SMILES string of the molecule is COc1cc(CNCC(C)CCO)cc(Br)c1OC. The molecule has 0 aliphatic heterocycles. The van der Waals surface area contributed by atoms with Crippen molar-refractivity contribution in [3.8, 4) is 11.5 Å². The van der Waals surface area contributed by atoms with E-state index in [-0.39, 0.29) is 6.61 Å². The molecule has 0 spiro atoms. The Labute approximate surface area is 123 Å². The maximum Gasteiger partial charge on any atom is 0.174 e. The Bertz CT molecular complexity index is 399. The predicted octanol–water partition coefficient (Wildman–Crippen LogP) is 2.57. The van der Waals surface area contributed by atoms with Gasteiger partial charge in [-0.3, -0.25) is 0 Å². The van der Waals surface area contributed by atoms with Gasteiger partial charge in [-0.25, -0.2) is 0 Å². The van der Waals surface area contributed by atoms with Gasteiger partial charge >= 0.3 is 0 Å². The highest BCUT2D eigenvalue weighted by molar-refractivity contribution is 9.10. The minimum absolute atomic E-state index is 0.241. The number of ether oxygens (including phenoxy) is 2. The molecule has 1 atom stereocenters. The Balaban J connectivity index is 2.62. The summed E-state index contributed by atoms with van der Waals surface area (Å²) in [6, 6.07) is 3.98. The van der Waals surface area contributed by atoms with Crippen molar-refractivity contribution in [1.29, 1.82) is 0 Å². The molecule has 19 heavy (non-hydrogen) atoms. The molecular weight excluding hydrogens is 310 g/mol. The molecule has 2 N–H and O–H groups in total. The van der Waals surface area contributed by atoms with Gasteiger partial charge < -0.3 is 19.9 Å². The maximum atomic E-state index is 8.85. The van der Waals surface area contributed by atoms with Crippen LogP contribution in [0, 0.1) is 5.92 Å². The summed E-state index contributed by atoms with van der Waals surface area (Å²) in [5.41, 5.74) is 1.13. The van der Waals surface area contributed by atoms with Crippen molar-refractivity contribution in [3.63, 3.8) is 0 Å². The summed E-state index contributed by atoms with van der Waals surface area (Å²) in [6.45, 7) is 4.00. The molecule has 4 nitrogen and oxygen atoms in total. The first-order valence-electron chi connectivity index (χ1n) is 6.34. The number of benzene rings is 1. The first-order valence-corrected chi connectivity index (χ1v) is 7.13. The second kappa shape index (κ2) is 8.40. The molecule has 0 amide bonds. The summed E-state index contributed by atoms with van der Waals surface area (Å²) in [5.74, 6) is 1.89. The molecule has 1 rings (SSSR count). The van der Waals surface area contributed by atoms with Crippen molar-refractivity contribution in [2.45, 2.75) is 19.9 Å². The average Bonchev–Trinajstić information content (AvgIpc) is 2.38. The highest BCUT2D eigenvalue weighted by Crippen LogP contribution is 2.36. The van der Waals surface area contributed by atoms with Crippen LogP contribution in [0.5, 0.6) is 11.5 Å². The Morgan fingerprint density at radius 3 is 2.63 bits per heavy atom. The molecular formula is C14H22BrNO3. The van der Waals surface area contributed by atoms with Crippen molar-refractivity contribution < 1.29 is 14.6 Å². The summed E-state index contributed by atoms with van der Waals surface area (Å²) in [6.07, 6.45) is 0.822. The van der Waals surface area contributed by atoms with Gasteiger partial charge in [0.25, 0.3) is 0 Å². The van der Waals surface area contributed by atoms with Crippen LogP contribution in [0.2, 0.25) is 0 Å². The minimum atomic E-state index is 0.241. The lowest BCUT2D eigenvalue weighted by molar-refractivity contribution is 0.260. The smallest absolute Gasteiger partial charge is 0.174 e. The van der Waals surface area contributed by atoms with Gasteiger partial charge in [0.15, 0.2) is 11.5 Å². The second-order valence-electron chi connectivity index (χ2n) is 4.56. The fourth-order valence-corrected chi connectivity index (χ4v) is 2.51. The zero-order chi connectivity index (χ0) is 14.3. The zero-order valence-corrected chi connectivity index (χ0v) is 13.3. The summed E-state index contributed by atoms with van der Waals surface area (Å²) in [4.78, 5) is 0. The molecule has 0 bridgehead atoms. The van der Waals surface area contributed by atoms with Gasteiger partial charge in [0, 0.05) is 13.2 Å². The van der Waals surface area contributed by atoms with Crippen LogP contribution >= 0.6 is 15.9 Å². The molecule has 0 aliphatic carbocycles. The molecule has 0 saturated heterocycles. The van der Waals surface area contributed by atoms with E-state index in [1.165, 1.54) is 0 Å². The molecule has 0 aliphatic rings. The third-order valence-electron chi connectivity index (χ3n) is 2.94. The molecule has 0 aromatic heterocycles. The largest absolute Gasteiger partial charge is 0.493 e. The van der Waals surface area contributed by atoms with Crippen LogP contribution < -0.4 is 14.8 Å². The Kier molecular flexibility index (Phi) is 7.20. The standard InChI is InChI=1S/C14H22BrNO3/c1-10(4-5-17)8-16-9-11-6-12(15)14(19-3)13(7-11)18-2/h6-7,10,16-17H,4-5,8-9H2,1-3H3. The quantitative estimate of drug-likeness (QED) is 0.768. The van der Waals surface area contributed by atoms with Crippen molar-refractivity contribution >= 4 is 15.9 Å². The molecule has 5 heteroatoms. The normalized spacial score (nSPS) is 12.3. The summed E-state index contributed by atoms with van der Waals surface area (Å²) in [7, 11) is 3.25. The van der Waals surface area contributed by atoms with Crippen LogP contribution in [0.4, 0.5) is 0 Å². The van der Waals surface area contributed by atoms with Gasteiger partial charge in [0.2, 0.25) is 0 Å². The monoisotopic (exact) mass is 331 g/mol. The number of methoxy groups -OCH3 is 2. The van der Waals surface area contributed by atoms with E-state index in [4.69, 9.17) is 14.6 Å². The number of aliphatic hydroxyl groups is 1. The van der Waals surface area contributed by atoms with E-state index in [2.05, 4.69) is 28.2 Å². The van der Waals surface area contributed by atoms with Crippen molar-refractivity contribution in [3.05, 3.63) is 22.2 Å². The topological polar surface area (TPSA) is 50.7 Å². The summed E-state index contributed by atoms with van der Waals surface area (Å²) < 4.78 is 11.5. The first kappa shape index (κ1) is 16.3. The van der Waals surface area contributed by atoms with Crippen LogP contribution in [0.1, 0.15) is 18.9 Å². The summed E-state index contributed by atoms with van der Waals surface area (Å²) >= 11 is 3.48. The van der Waals surface area contributed by atoms with Gasteiger partial charge in [0.1, 0.15) is 0 Å². The molecule has 1 aromatic rings. The van der Waals surface area contributed by atoms with Gasteiger partial charge in [-0.1, -0.05) is 6.92 Å². The van der Waals surface area contributed by atoms with Crippen molar-refractivity contribution in [2.24, 2.45) is 5.92 Å². The molecule has 0 radical (unpaired) electrons. The van der Waals surface area contributed by atoms with Gasteiger partial charge in [-0.2, -0.15) is 0 Å². The summed E-state index contributed by atoms with van der Waals surface area (Å²) in [5, 5.41) is 12.2. The van der Waals surface area contributed by atoms with E-state index < -0.39 is 0 Å². The maximum absolute atomic E-state index is 8.85. The minimum Gasteiger partial charge on any atom is -0.493 e. The average molecular weight is 332 g/mol. The number of halogens is 1. The van der Waals surface area contributed by atoms with Gasteiger partial charge in [-0.05, 0) is 52.5 Å². The first-order chi connectivity index (χ1) is 9.12. The van der Waals surface area contributed by atoms with Crippen LogP contribution in [0.25, 0.3) is 0 Å². The van der Waals surface area contributed by atoms with Gasteiger partial charge in [-0.15, -0.1) is 0 Å². The molecule has 108 valence electrons. The lowest BCUT2D eigenvalue weighted by atomic mass is 10.1. The Hall–Kier alpha value is -0.780. The lowest BCUT2D eigenvalue weighted by Gasteiger charge is -2.14. The third kappa shape index (κ3) is 5.01. The van der Waals surface area contributed by atoms with E-state index in [9.17, 15) is 0 Å². The number of hydrogen-bond donors (Lipinski definition) is 2. The number of rotatable bonds is 8. The van der Waals surface area contributed by atoms with Crippen molar-refractivity contribution in [1.82, 2.24) is 5.32 Å². The Morgan fingerprint density at radius 2 is 2.05 bits per heavy atom. The van der Waals surface area contributed by atoms with E-state index >= 15 is 0 Å². The fourth-order valence-electron chi connectivity index (χ4n) is 1.86. The fraction of sp³-hybridized carbons (Fsp3) is 0.571. The van der Waals surface area contributed by atoms with Crippen LogP contribution in [0.15, 0.2) is 16.6 Å². The third-order valence-corrected chi connectivity index (χ3v) is 3.53. The van der Waals surface area contributed by atoms with E-state index in [0.717, 1.165) is 35.3 Å². The molecule has 0 saturated carbocycles. The second-order valence-corrected chi connectivity index (χ2v) is 5.42. The molecule has 0 fully saturated rings. The molecule has 0 heterocycles. The van der Waals surface area contributed by atoms with Crippen LogP contribution in [-0.4, -0.2) is 32.5 Å².